The second-order valence-corrected chi connectivity index (χ2v) is 16.1. The Hall–Kier alpha value is -2.63. The van der Waals surface area contributed by atoms with Crippen molar-refractivity contribution in [2.24, 2.45) is 50.7 Å². The maximum Gasteiger partial charge on any atom is 0.309 e. The summed E-state index contributed by atoms with van der Waals surface area (Å²) >= 11 is 0. The number of benzene rings is 1. The van der Waals surface area contributed by atoms with Crippen molar-refractivity contribution in [2.75, 3.05) is 13.7 Å². The Balaban J connectivity index is 1.13. The summed E-state index contributed by atoms with van der Waals surface area (Å²) in [4.78, 5) is 13.3. The van der Waals surface area contributed by atoms with Crippen LogP contribution in [0.15, 0.2) is 70.9 Å². The van der Waals surface area contributed by atoms with Crippen LogP contribution in [0.1, 0.15) is 82.3 Å². The highest BCUT2D eigenvalue weighted by molar-refractivity contribution is 5.73. The molecule has 2 heterocycles. The van der Waals surface area contributed by atoms with Crippen LogP contribution in [0, 0.1) is 57.7 Å². The van der Waals surface area contributed by atoms with Crippen LogP contribution in [0.5, 0.6) is 0 Å². The minimum atomic E-state index is -0.400. The van der Waals surface area contributed by atoms with Crippen molar-refractivity contribution >= 4 is 5.97 Å². The molecule has 8 rings (SSSR count). The molecule has 6 aliphatic rings. The molecule has 1 aromatic heterocycles. The number of carbonyl (C=O) groups excluding carboxylic acids is 1. The lowest BCUT2D eigenvalue weighted by molar-refractivity contribution is -0.199. The van der Waals surface area contributed by atoms with Gasteiger partial charge in [0, 0.05) is 17.3 Å². The Morgan fingerprint density at radius 3 is 2.70 bits per heavy atom. The van der Waals surface area contributed by atoms with Crippen molar-refractivity contribution in [3.63, 3.8) is 0 Å². The third kappa shape index (κ3) is 3.52. The van der Waals surface area contributed by atoms with E-state index in [1.807, 2.05) is 13.0 Å². The van der Waals surface area contributed by atoms with E-state index in [2.05, 4.69) is 69.3 Å². The van der Waals surface area contributed by atoms with Crippen molar-refractivity contribution in [3.05, 3.63) is 83.3 Å². The molecule has 234 valence electrons. The number of carbonyl (C=O) groups is 1. The fourth-order valence-corrected chi connectivity index (χ4v) is 12.3. The lowest BCUT2D eigenvalue weighted by Gasteiger charge is -2.67. The molecule has 5 aliphatic carbocycles. The average Bonchev–Trinajstić information content (AvgIpc) is 3.35. The topological polar surface area (TPSA) is 68.9 Å². The number of methoxy groups -OCH3 is 1. The van der Waals surface area contributed by atoms with Gasteiger partial charge < -0.3 is 19.0 Å². The summed E-state index contributed by atoms with van der Waals surface area (Å²) in [5, 5.41) is 12.4. The zero-order chi connectivity index (χ0) is 30.7. The van der Waals surface area contributed by atoms with Crippen LogP contribution in [0.2, 0.25) is 0 Å². The fourth-order valence-electron chi connectivity index (χ4n) is 12.3. The van der Waals surface area contributed by atoms with Gasteiger partial charge in [0.2, 0.25) is 0 Å². The van der Waals surface area contributed by atoms with Gasteiger partial charge in [0.05, 0.1) is 38.1 Å². The van der Waals surface area contributed by atoms with E-state index in [1.54, 1.807) is 6.26 Å². The van der Waals surface area contributed by atoms with Crippen molar-refractivity contribution in [1.82, 2.24) is 0 Å². The number of hydrogen-bond acceptors (Lipinski definition) is 5. The molecule has 3 saturated carbocycles. The van der Waals surface area contributed by atoms with Crippen molar-refractivity contribution in [2.45, 2.75) is 84.8 Å². The van der Waals surface area contributed by atoms with Gasteiger partial charge in [-0.25, -0.2) is 0 Å². The highest BCUT2D eigenvalue weighted by Gasteiger charge is 2.84. The number of aryl methyl sites for hydroxylation is 1. The number of furan rings is 1. The summed E-state index contributed by atoms with van der Waals surface area (Å²) in [5.41, 5.74) is 3.49. The number of rotatable bonds is 5. The molecular formula is C39H48O5. The Morgan fingerprint density at radius 1 is 1.18 bits per heavy atom. The van der Waals surface area contributed by atoms with Gasteiger partial charge in [-0.3, -0.25) is 4.79 Å². The minimum Gasteiger partial charge on any atom is -0.469 e. The molecule has 44 heavy (non-hydrogen) atoms. The third-order valence-corrected chi connectivity index (χ3v) is 14.5. The van der Waals surface area contributed by atoms with Gasteiger partial charge >= 0.3 is 5.97 Å². The summed E-state index contributed by atoms with van der Waals surface area (Å²) < 4.78 is 17.9. The standard InChI is InChI=1S/C39H48O5/c1-24-17-27(43-21-24)19-28(34(41)42-5)29-12-16-39-22-38(29,39)15-13-31-35(2)14-11-26-18-30(25-9-7-6-8-10-25)44-23-36(26,3)32(35)20-33(40)37(31,39)4/h6-11,13,15,17,21,28-33,40H,12,14,16,18-20,22-23H2,1-5H3/t28?,29-,30-,31+,32+,33+,35+,36-,37-,38+,39+/m0/s1. The van der Waals surface area contributed by atoms with Crippen molar-refractivity contribution in [3.8, 4) is 0 Å². The van der Waals surface area contributed by atoms with Crippen LogP contribution in [0.4, 0.5) is 0 Å². The first-order chi connectivity index (χ1) is 21.0. The van der Waals surface area contributed by atoms with Crippen molar-refractivity contribution < 1.29 is 23.8 Å². The van der Waals surface area contributed by atoms with E-state index in [4.69, 9.17) is 13.9 Å². The normalized spacial score (nSPS) is 45.6. The molecule has 0 radical (unpaired) electrons. The number of hydrogen-bond donors (Lipinski definition) is 1. The molecule has 0 spiro atoms. The van der Waals surface area contributed by atoms with Gasteiger partial charge in [-0.1, -0.05) is 74.9 Å². The first kappa shape index (κ1) is 28.8. The van der Waals surface area contributed by atoms with E-state index in [9.17, 15) is 9.90 Å². The molecule has 5 heteroatoms. The molecule has 1 aliphatic heterocycles. The van der Waals surface area contributed by atoms with Crippen LogP contribution in [0.3, 0.4) is 0 Å². The van der Waals surface area contributed by atoms with Gasteiger partial charge in [0.1, 0.15) is 5.76 Å². The predicted octanol–water partition coefficient (Wildman–Crippen LogP) is 7.78. The van der Waals surface area contributed by atoms with Crippen LogP contribution in [-0.4, -0.2) is 30.9 Å². The quantitative estimate of drug-likeness (QED) is 0.282. The highest BCUT2D eigenvalue weighted by atomic mass is 16.5. The number of aliphatic hydroxyl groups is 1. The van der Waals surface area contributed by atoms with E-state index < -0.39 is 6.10 Å². The maximum atomic E-state index is 13.3. The molecule has 1 saturated heterocycles. The molecule has 5 nitrogen and oxygen atoms in total. The number of allylic oxidation sites excluding steroid dienone is 3. The lowest BCUT2D eigenvalue weighted by atomic mass is 9.38. The first-order valence-electron chi connectivity index (χ1n) is 16.9. The second kappa shape index (κ2) is 9.45. The first-order valence-corrected chi connectivity index (χ1v) is 16.9. The average molecular weight is 597 g/mol. The Bertz CT molecular complexity index is 1540. The third-order valence-electron chi connectivity index (χ3n) is 14.5. The van der Waals surface area contributed by atoms with Crippen LogP contribution in [0.25, 0.3) is 0 Å². The summed E-state index contributed by atoms with van der Waals surface area (Å²) in [6, 6.07) is 12.7. The largest absolute Gasteiger partial charge is 0.469 e. The van der Waals surface area contributed by atoms with Crippen LogP contribution in [-0.2, 0) is 20.7 Å². The number of ether oxygens (including phenoxy) is 2. The van der Waals surface area contributed by atoms with E-state index in [1.165, 1.54) is 18.2 Å². The zero-order valence-corrected chi connectivity index (χ0v) is 27.0. The summed E-state index contributed by atoms with van der Waals surface area (Å²) in [5.74, 6) is 1.26. The molecular weight excluding hydrogens is 548 g/mol. The lowest BCUT2D eigenvalue weighted by Crippen LogP contribution is -2.64. The molecule has 1 N–H and O–H groups in total. The molecule has 2 aromatic rings. The highest BCUT2D eigenvalue weighted by Crippen LogP contribution is 2.89. The number of fused-ring (bicyclic) bond motifs is 5. The van der Waals surface area contributed by atoms with Crippen molar-refractivity contribution in [1.29, 1.82) is 0 Å². The number of aliphatic hydroxyl groups excluding tert-OH is 1. The SMILES string of the molecule is COC(=O)C(Cc1cc(C)co1)[C@@H]1CC[C@]23C[C@]12C=C[C@@H]1[C@@]2(C)CC=C4C[C@@H](c5ccccc5)OC[C@]4(C)[C@@H]2C[C@@H](O)[C@]13C. The van der Waals surface area contributed by atoms with E-state index in [0.29, 0.717) is 18.9 Å². The van der Waals surface area contributed by atoms with Gasteiger partial charge in [-0.2, -0.15) is 0 Å². The summed E-state index contributed by atoms with van der Waals surface area (Å²) in [7, 11) is 1.51. The van der Waals surface area contributed by atoms with Gasteiger partial charge in [-0.05, 0) is 96.6 Å². The molecule has 11 atom stereocenters. The Morgan fingerprint density at radius 2 is 1.98 bits per heavy atom. The zero-order valence-electron chi connectivity index (χ0n) is 27.0. The Kier molecular flexibility index (Phi) is 6.19. The molecule has 1 unspecified atom stereocenters. The Labute approximate surface area is 262 Å². The van der Waals surface area contributed by atoms with Gasteiger partial charge in [0.15, 0.2) is 0 Å². The maximum absolute atomic E-state index is 13.3. The molecule has 1 aromatic carbocycles. The smallest absolute Gasteiger partial charge is 0.309 e. The van der Waals surface area contributed by atoms with E-state index in [0.717, 1.165) is 49.8 Å². The second-order valence-electron chi connectivity index (χ2n) is 16.1. The molecule has 0 bridgehead atoms. The summed E-state index contributed by atoms with van der Waals surface area (Å²) in [6.45, 7) is 10.0. The van der Waals surface area contributed by atoms with E-state index >= 15 is 0 Å². The monoisotopic (exact) mass is 596 g/mol. The van der Waals surface area contributed by atoms with Crippen LogP contribution >= 0.6 is 0 Å². The molecule has 4 fully saturated rings. The minimum absolute atomic E-state index is 0.00913. The fraction of sp³-hybridized carbons (Fsp3) is 0.615. The molecule has 0 amide bonds. The number of esters is 1. The van der Waals surface area contributed by atoms with Gasteiger partial charge in [0.25, 0.3) is 0 Å². The van der Waals surface area contributed by atoms with Crippen LogP contribution < -0.4 is 0 Å². The van der Waals surface area contributed by atoms with E-state index in [-0.39, 0.29) is 56.9 Å². The summed E-state index contributed by atoms with van der Waals surface area (Å²) in [6.07, 6.45) is 15.5. The van der Waals surface area contributed by atoms with Gasteiger partial charge in [-0.15, -0.1) is 0 Å². The predicted molar refractivity (Wildman–Crippen MR) is 168 cm³/mol.